The number of thiocarbonyl (C=S) groups is 1. The fraction of sp³-hybridized carbons (Fsp3) is 0.316. The Kier molecular flexibility index (Phi) is 6.41. The number of hydrogen-bond donors (Lipinski definition) is 2. The zero-order valence-corrected chi connectivity index (χ0v) is 14.2. The van der Waals surface area contributed by atoms with E-state index in [1.54, 1.807) is 0 Å². The monoisotopic (exact) mass is 312 g/mol. The average molecular weight is 312 g/mol. The van der Waals surface area contributed by atoms with Crippen LogP contribution in [-0.2, 0) is 12.8 Å². The second-order valence-electron chi connectivity index (χ2n) is 5.47. The summed E-state index contributed by atoms with van der Waals surface area (Å²) in [6.45, 7) is 4.38. The molecule has 22 heavy (non-hydrogen) atoms. The van der Waals surface area contributed by atoms with Gasteiger partial charge in [-0.15, -0.1) is 0 Å². The van der Waals surface area contributed by atoms with E-state index in [9.17, 15) is 0 Å². The number of rotatable bonds is 6. The Balaban J connectivity index is 1.89. The van der Waals surface area contributed by atoms with E-state index >= 15 is 0 Å². The third-order valence-corrected chi connectivity index (χ3v) is 3.71. The maximum atomic E-state index is 5.36. The first-order chi connectivity index (χ1) is 10.7. The van der Waals surface area contributed by atoms with Crippen LogP contribution in [0.3, 0.4) is 0 Å². The molecule has 0 saturated carbocycles. The van der Waals surface area contributed by atoms with Gasteiger partial charge in [-0.3, -0.25) is 0 Å². The van der Waals surface area contributed by atoms with Gasteiger partial charge in [0.1, 0.15) is 0 Å². The van der Waals surface area contributed by atoms with Crippen molar-refractivity contribution >= 4 is 28.7 Å². The molecule has 0 aliphatic heterocycles. The van der Waals surface area contributed by atoms with Gasteiger partial charge in [0.05, 0.1) is 0 Å². The van der Waals surface area contributed by atoms with E-state index < -0.39 is 0 Å². The molecule has 2 N–H and O–H groups in total. The van der Waals surface area contributed by atoms with Crippen LogP contribution in [0.4, 0.5) is 11.4 Å². The molecule has 2 rings (SSSR count). The van der Waals surface area contributed by atoms with Crippen molar-refractivity contribution in [2.24, 2.45) is 0 Å². The van der Waals surface area contributed by atoms with Gasteiger partial charge in [-0.05, 0) is 60.5 Å². The average Bonchev–Trinajstić information content (AvgIpc) is 2.52. The van der Waals surface area contributed by atoms with Gasteiger partial charge >= 0.3 is 0 Å². The lowest BCUT2D eigenvalue weighted by Gasteiger charge is -2.11. The van der Waals surface area contributed by atoms with Crippen LogP contribution in [-0.4, -0.2) is 5.11 Å². The van der Waals surface area contributed by atoms with Crippen molar-refractivity contribution < 1.29 is 0 Å². The smallest absolute Gasteiger partial charge is 0.175 e. The summed E-state index contributed by atoms with van der Waals surface area (Å²) in [6.07, 6.45) is 4.57. The first kappa shape index (κ1) is 16.5. The second kappa shape index (κ2) is 8.54. The van der Waals surface area contributed by atoms with Crippen LogP contribution in [0.25, 0.3) is 0 Å². The Hall–Kier alpha value is -1.87. The maximum absolute atomic E-state index is 5.36. The summed E-state index contributed by atoms with van der Waals surface area (Å²) in [7, 11) is 0. The zero-order valence-electron chi connectivity index (χ0n) is 13.4. The predicted octanol–water partition coefficient (Wildman–Crippen LogP) is 5.40. The van der Waals surface area contributed by atoms with Crippen molar-refractivity contribution in [2.45, 2.75) is 39.5 Å². The molecule has 0 saturated heterocycles. The SMILES string of the molecule is CCCc1ccc(NC(=S)Nc2ccc(CCC)cc2)cc1. The Bertz CT molecular complexity index is 534. The first-order valence-electron chi connectivity index (χ1n) is 7.97. The predicted molar refractivity (Wildman–Crippen MR) is 101 cm³/mol. The molecular weight excluding hydrogens is 288 g/mol. The van der Waals surface area contributed by atoms with Crippen LogP contribution >= 0.6 is 12.2 Å². The third-order valence-electron chi connectivity index (χ3n) is 3.50. The van der Waals surface area contributed by atoms with Gasteiger partial charge in [0, 0.05) is 11.4 Å². The molecule has 2 nitrogen and oxygen atoms in total. The summed E-state index contributed by atoms with van der Waals surface area (Å²) in [6, 6.07) is 16.9. The van der Waals surface area contributed by atoms with Gasteiger partial charge in [-0.1, -0.05) is 51.0 Å². The lowest BCUT2D eigenvalue weighted by atomic mass is 10.1. The van der Waals surface area contributed by atoms with E-state index in [1.165, 1.54) is 24.0 Å². The molecule has 0 aromatic heterocycles. The van der Waals surface area contributed by atoms with E-state index in [0.29, 0.717) is 5.11 Å². The van der Waals surface area contributed by atoms with Crippen molar-refractivity contribution in [3.8, 4) is 0 Å². The molecule has 0 heterocycles. The standard InChI is InChI=1S/C19H24N2S/c1-3-5-15-7-11-17(12-8-15)20-19(22)21-18-13-9-16(6-4-2)10-14-18/h7-14H,3-6H2,1-2H3,(H2,20,21,22). The van der Waals surface area contributed by atoms with Crippen molar-refractivity contribution in [2.75, 3.05) is 10.6 Å². The van der Waals surface area contributed by atoms with E-state index in [-0.39, 0.29) is 0 Å². The summed E-state index contributed by atoms with van der Waals surface area (Å²) in [5.41, 5.74) is 4.75. The number of hydrogen-bond acceptors (Lipinski definition) is 1. The van der Waals surface area contributed by atoms with Gasteiger partial charge in [-0.2, -0.15) is 0 Å². The van der Waals surface area contributed by atoms with Crippen LogP contribution in [0.1, 0.15) is 37.8 Å². The van der Waals surface area contributed by atoms with Crippen LogP contribution < -0.4 is 10.6 Å². The highest BCUT2D eigenvalue weighted by Gasteiger charge is 2.00. The maximum Gasteiger partial charge on any atom is 0.175 e. The van der Waals surface area contributed by atoms with Gasteiger partial charge in [0.15, 0.2) is 5.11 Å². The molecule has 116 valence electrons. The number of anilines is 2. The fourth-order valence-corrected chi connectivity index (χ4v) is 2.62. The molecule has 0 fully saturated rings. The van der Waals surface area contributed by atoms with Crippen LogP contribution in [0, 0.1) is 0 Å². The topological polar surface area (TPSA) is 24.1 Å². The minimum Gasteiger partial charge on any atom is -0.332 e. The van der Waals surface area contributed by atoms with Crippen LogP contribution in [0.5, 0.6) is 0 Å². The Morgan fingerprint density at radius 2 is 1.09 bits per heavy atom. The van der Waals surface area contributed by atoms with Crippen molar-refractivity contribution in [1.82, 2.24) is 0 Å². The van der Waals surface area contributed by atoms with Gasteiger partial charge < -0.3 is 10.6 Å². The minimum absolute atomic E-state index is 0.617. The number of aryl methyl sites for hydroxylation is 2. The molecular formula is C19H24N2S. The van der Waals surface area contributed by atoms with E-state index in [2.05, 4.69) is 73.0 Å². The summed E-state index contributed by atoms with van der Waals surface area (Å²) in [4.78, 5) is 0. The lowest BCUT2D eigenvalue weighted by Crippen LogP contribution is -2.18. The van der Waals surface area contributed by atoms with Gasteiger partial charge in [0.25, 0.3) is 0 Å². The van der Waals surface area contributed by atoms with Gasteiger partial charge in [-0.25, -0.2) is 0 Å². The summed E-state index contributed by atoms with van der Waals surface area (Å²) < 4.78 is 0. The summed E-state index contributed by atoms with van der Waals surface area (Å²) in [5.74, 6) is 0. The minimum atomic E-state index is 0.617. The molecule has 0 unspecified atom stereocenters. The highest BCUT2D eigenvalue weighted by Crippen LogP contribution is 2.14. The molecule has 3 heteroatoms. The Morgan fingerprint density at radius 1 is 0.727 bits per heavy atom. The summed E-state index contributed by atoms with van der Waals surface area (Å²) >= 11 is 5.36. The molecule has 0 aliphatic rings. The van der Waals surface area contributed by atoms with E-state index in [1.807, 2.05) is 0 Å². The van der Waals surface area contributed by atoms with E-state index in [0.717, 1.165) is 24.2 Å². The summed E-state index contributed by atoms with van der Waals surface area (Å²) in [5, 5.41) is 7.06. The van der Waals surface area contributed by atoms with Crippen molar-refractivity contribution in [3.63, 3.8) is 0 Å². The molecule has 0 bridgehead atoms. The zero-order chi connectivity index (χ0) is 15.8. The molecule has 2 aromatic carbocycles. The largest absolute Gasteiger partial charge is 0.332 e. The molecule has 0 radical (unpaired) electrons. The number of nitrogens with one attached hydrogen (secondary N) is 2. The third kappa shape index (κ3) is 5.15. The van der Waals surface area contributed by atoms with Gasteiger partial charge in [0.2, 0.25) is 0 Å². The van der Waals surface area contributed by atoms with Crippen LogP contribution in [0.2, 0.25) is 0 Å². The fourth-order valence-electron chi connectivity index (χ4n) is 2.38. The normalized spacial score (nSPS) is 10.3. The van der Waals surface area contributed by atoms with Crippen molar-refractivity contribution in [3.05, 3.63) is 59.7 Å². The quantitative estimate of drug-likeness (QED) is 0.698. The Labute approximate surface area is 139 Å². The molecule has 0 spiro atoms. The highest BCUT2D eigenvalue weighted by atomic mass is 32.1. The molecule has 0 atom stereocenters. The van der Waals surface area contributed by atoms with Crippen molar-refractivity contribution in [1.29, 1.82) is 0 Å². The lowest BCUT2D eigenvalue weighted by molar-refractivity contribution is 0.922. The van der Waals surface area contributed by atoms with E-state index in [4.69, 9.17) is 12.2 Å². The Morgan fingerprint density at radius 3 is 1.41 bits per heavy atom. The van der Waals surface area contributed by atoms with Crippen LogP contribution in [0.15, 0.2) is 48.5 Å². The second-order valence-corrected chi connectivity index (χ2v) is 5.88. The molecule has 0 amide bonds. The molecule has 2 aromatic rings. The highest BCUT2D eigenvalue weighted by molar-refractivity contribution is 7.80. The molecule has 0 aliphatic carbocycles. The number of benzene rings is 2. The first-order valence-corrected chi connectivity index (χ1v) is 8.38.